The van der Waals surface area contributed by atoms with Gasteiger partial charge >= 0.3 is 5.97 Å². The molecule has 5 nitrogen and oxygen atoms in total. The molecule has 148 valence electrons. The Morgan fingerprint density at radius 2 is 1.89 bits per heavy atom. The fraction of sp³-hybridized carbons (Fsp3) is 0.364. The Hall–Kier alpha value is -2.31. The first-order valence-electron chi connectivity index (χ1n) is 9.41. The highest BCUT2D eigenvalue weighted by molar-refractivity contribution is 8.00. The van der Waals surface area contributed by atoms with E-state index in [1.807, 2.05) is 44.2 Å². The van der Waals surface area contributed by atoms with Crippen LogP contribution in [0.15, 0.2) is 53.4 Å². The molecule has 1 fully saturated rings. The summed E-state index contributed by atoms with van der Waals surface area (Å²) in [5.41, 5.74) is 3.44. The number of carboxylic acid groups (broad SMARTS) is 1. The number of benzene rings is 2. The second kappa shape index (κ2) is 9.26. The lowest BCUT2D eigenvalue weighted by Gasteiger charge is -2.17. The first kappa shape index (κ1) is 20.4. The fourth-order valence-corrected chi connectivity index (χ4v) is 4.44. The van der Waals surface area contributed by atoms with E-state index in [1.54, 1.807) is 0 Å². The Labute approximate surface area is 170 Å². The van der Waals surface area contributed by atoms with Crippen molar-refractivity contribution in [3.63, 3.8) is 0 Å². The lowest BCUT2D eigenvalue weighted by molar-refractivity contribution is -0.142. The van der Waals surface area contributed by atoms with Crippen LogP contribution in [0.1, 0.15) is 16.7 Å². The molecule has 0 bridgehead atoms. The third-order valence-corrected chi connectivity index (χ3v) is 6.17. The topological polar surface area (TPSA) is 69.6 Å². The molecule has 2 aromatic carbocycles. The van der Waals surface area contributed by atoms with Gasteiger partial charge in [0.15, 0.2) is 0 Å². The zero-order chi connectivity index (χ0) is 20.1. The molecule has 2 unspecified atom stereocenters. The molecule has 3 rings (SSSR count). The maximum Gasteiger partial charge on any atom is 0.309 e. The summed E-state index contributed by atoms with van der Waals surface area (Å²) in [6, 6.07) is 15.8. The van der Waals surface area contributed by atoms with Gasteiger partial charge in [-0.25, -0.2) is 0 Å². The van der Waals surface area contributed by atoms with Crippen molar-refractivity contribution in [1.29, 1.82) is 0 Å². The summed E-state index contributed by atoms with van der Waals surface area (Å²) in [7, 11) is 0. The molecule has 1 aliphatic heterocycles. The zero-order valence-electron chi connectivity index (χ0n) is 16.2. The van der Waals surface area contributed by atoms with Gasteiger partial charge < -0.3 is 10.4 Å². The minimum atomic E-state index is -0.858. The van der Waals surface area contributed by atoms with Gasteiger partial charge in [-0.2, -0.15) is 0 Å². The molecule has 0 spiro atoms. The number of hydrogen-bond acceptors (Lipinski definition) is 4. The summed E-state index contributed by atoms with van der Waals surface area (Å²) in [5.74, 6) is -1.28. The van der Waals surface area contributed by atoms with Gasteiger partial charge in [0.25, 0.3) is 0 Å². The highest BCUT2D eigenvalue weighted by Crippen LogP contribution is 2.24. The molecular weight excluding hydrogens is 372 g/mol. The van der Waals surface area contributed by atoms with Gasteiger partial charge in [-0.3, -0.25) is 14.5 Å². The average molecular weight is 399 g/mol. The predicted molar refractivity (Wildman–Crippen MR) is 111 cm³/mol. The first-order valence-corrected chi connectivity index (χ1v) is 10.4. The van der Waals surface area contributed by atoms with Crippen LogP contribution in [0.3, 0.4) is 0 Å². The van der Waals surface area contributed by atoms with Crippen LogP contribution < -0.4 is 5.32 Å². The predicted octanol–water partition coefficient (Wildman–Crippen LogP) is 3.10. The summed E-state index contributed by atoms with van der Waals surface area (Å²) in [5, 5.41) is 12.5. The Morgan fingerprint density at radius 3 is 2.61 bits per heavy atom. The minimum absolute atomic E-state index is 0.122. The number of carbonyl (C=O) groups is 2. The van der Waals surface area contributed by atoms with E-state index in [4.69, 9.17) is 0 Å². The van der Waals surface area contributed by atoms with Crippen LogP contribution in [0.25, 0.3) is 0 Å². The number of nitrogens with one attached hydrogen (secondary N) is 1. The van der Waals surface area contributed by atoms with Gasteiger partial charge in [-0.15, -0.1) is 11.8 Å². The highest BCUT2D eigenvalue weighted by Gasteiger charge is 2.38. The number of nitrogens with zero attached hydrogens (tertiary/aromatic N) is 1. The van der Waals surface area contributed by atoms with Crippen LogP contribution in [0.2, 0.25) is 0 Å². The van der Waals surface area contributed by atoms with Crippen molar-refractivity contribution in [1.82, 2.24) is 10.2 Å². The maximum absolute atomic E-state index is 12.5. The number of hydrogen-bond donors (Lipinski definition) is 2. The molecule has 1 amide bonds. The van der Waals surface area contributed by atoms with Crippen molar-refractivity contribution in [3.05, 3.63) is 65.2 Å². The standard InChI is InChI=1S/C22H26N2O3S/c1-15-8-9-16(2)20(10-15)28-14-21(25)23-19-13-24(12-18(19)22(26)27)11-17-6-4-3-5-7-17/h3-10,18-19H,11-14H2,1-2H3,(H,23,25)(H,26,27). The highest BCUT2D eigenvalue weighted by atomic mass is 32.2. The monoisotopic (exact) mass is 398 g/mol. The number of carbonyl (C=O) groups excluding carboxylic acids is 1. The molecule has 0 radical (unpaired) electrons. The van der Waals surface area contributed by atoms with Crippen LogP contribution in [-0.4, -0.2) is 46.8 Å². The van der Waals surface area contributed by atoms with E-state index in [0.717, 1.165) is 21.6 Å². The van der Waals surface area contributed by atoms with E-state index >= 15 is 0 Å². The lowest BCUT2D eigenvalue weighted by atomic mass is 10.0. The van der Waals surface area contributed by atoms with Crippen molar-refractivity contribution in [2.24, 2.45) is 5.92 Å². The summed E-state index contributed by atoms with van der Waals surface area (Å²) in [4.78, 5) is 27.3. The van der Waals surface area contributed by atoms with Crippen molar-refractivity contribution < 1.29 is 14.7 Å². The number of aryl methyl sites for hydroxylation is 2. The van der Waals surface area contributed by atoms with Gasteiger partial charge in [-0.05, 0) is 31.0 Å². The normalized spacial score (nSPS) is 19.5. The molecular formula is C22H26N2O3S. The molecule has 1 saturated heterocycles. The SMILES string of the molecule is Cc1ccc(C)c(SCC(=O)NC2CN(Cc3ccccc3)CC2C(=O)O)c1. The van der Waals surface area contributed by atoms with E-state index in [-0.39, 0.29) is 17.7 Å². The lowest BCUT2D eigenvalue weighted by Crippen LogP contribution is -2.43. The fourth-order valence-electron chi connectivity index (χ4n) is 3.51. The largest absolute Gasteiger partial charge is 0.481 e. The van der Waals surface area contributed by atoms with Gasteiger partial charge in [0.05, 0.1) is 17.7 Å². The molecule has 1 aliphatic rings. The van der Waals surface area contributed by atoms with Crippen molar-refractivity contribution in [3.8, 4) is 0 Å². The van der Waals surface area contributed by atoms with E-state index in [9.17, 15) is 14.7 Å². The third kappa shape index (κ3) is 5.36. The number of rotatable bonds is 7. The van der Waals surface area contributed by atoms with Gasteiger partial charge in [0.1, 0.15) is 0 Å². The number of carboxylic acids is 1. The summed E-state index contributed by atoms with van der Waals surface area (Å²) in [6.07, 6.45) is 0. The minimum Gasteiger partial charge on any atom is -0.481 e. The Morgan fingerprint density at radius 1 is 1.14 bits per heavy atom. The van der Waals surface area contributed by atoms with Crippen LogP contribution in [0.5, 0.6) is 0 Å². The molecule has 2 atom stereocenters. The van der Waals surface area contributed by atoms with Crippen LogP contribution >= 0.6 is 11.8 Å². The molecule has 0 saturated carbocycles. The quantitative estimate of drug-likeness (QED) is 0.702. The van der Waals surface area contributed by atoms with E-state index < -0.39 is 11.9 Å². The number of amides is 1. The van der Waals surface area contributed by atoms with E-state index in [1.165, 1.54) is 11.8 Å². The number of aliphatic carboxylic acids is 1. The van der Waals surface area contributed by atoms with Gasteiger partial charge in [0.2, 0.25) is 5.91 Å². The maximum atomic E-state index is 12.5. The first-order chi connectivity index (χ1) is 13.4. The third-order valence-electron chi connectivity index (χ3n) is 5.01. The molecule has 28 heavy (non-hydrogen) atoms. The Kier molecular flexibility index (Phi) is 6.75. The molecule has 0 aliphatic carbocycles. The van der Waals surface area contributed by atoms with Gasteiger partial charge in [0, 0.05) is 24.5 Å². The Balaban J connectivity index is 1.57. The van der Waals surface area contributed by atoms with Crippen LogP contribution in [0, 0.1) is 19.8 Å². The van der Waals surface area contributed by atoms with Crippen molar-refractivity contribution >= 4 is 23.6 Å². The van der Waals surface area contributed by atoms with E-state index in [0.29, 0.717) is 19.6 Å². The molecule has 0 aromatic heterocycles. The van der Waals surface area contributed by atoms with E-state index in [2.05, 4.69) is 28.4 Å². The zero-order valence-corrected chi connectivity index (χ0v) is 17.0. The number of likely N-dealkylation sites (tertiary alicyclic amines) is 1. The second-order valence-corrected chi connectivity index (χ2v) is 8.37. The van der Waals surface area contributed by atoms with Crippen molar-refractivity contribution in [2.75, 3.05) is 18.8 Å². The molecule has 1 heterocycles. The summed E-state index contributed by atoms with van der Waals surface area (Å²) >= 11 is 1.49. The molecule has 6 heteroatoms. The van der Waals surface area contributed by atoms with Gasteiger partial charge in [-0.1, -0.05) is 48.0 Å². The smallest absolute Gasteiger partial charge is 0.309 e. The summed E-state index contributed by atoms with van der Waals surface area (Å²) in [6.45, 7) is 5.73. The van der Waals surface area contributed by atoms with Crippen molar-refractivity contribution in [2.45, 2.75) is 31.3 Å². The second-order valence-electron chi connectivity index (χ2n) is 7.36. The summed E-state index contributed by atoms with van der Waals surface area (Å²) < 4.78 is 0. The average Bonchev–Trinajstić information content (AvgIpc) is 3.05. The Bertz CT molecular complexity index is 841. The molecule has 2 N–H and O–H groups in total. The number of thioether (sulfide) groups is 1. The molecule has 2 aromatic rings. The van der Waals surface area contributed by atoms with Crippen LogP contribution in [-0.2, 0) is 16.1 Å². The van der Waals surface area contributed by atoms with Crippen LogP contribution in [0.4, 0.5) is 0 Å².